The minimum atomic E-state index is -0.179. The quantitative estimate of drug-likeness (QED) is 0.819. The van der Waals surface area contributed by atoms with E-state index >= 15 is 0 Å². The van der Waals surface area contributed by atoms with Crippen molar-refractivity contribution >= 4 is 0 Å². The minimum Gasteiger partial charge on any atom is -0.497 e. The van der Waals surface area contributed by atoms with E-state index in [1.54, 1.807) is 14.2 Å². The third-order valence-corrected chi connectivity index (χ3v) is 3.14. The van der Waals surface area contributed by atoms with Crippen LogP contribution >= 0.6 is 0 Å². The number of nitrogens with two attached hydrogens (primary N) is 2. The lowest BCUT2D eigenvalue weighted by atomic mass is 9.81. The van der Waals surface area contributed by atoms with Crippen LogP contribution < -0.4 is 20.9 Å². The molecule has 0 aromatic heterocycles. The molecule has 0 amide bonds. The Labute approximate surface area is 103 Å². The van der Waals surface area contributed by atoms with Crippen molar-refractivity contribution in [2.24, 2.45) is 16.9 Å². The summed E-state index contributed by atoms with van der Waals surface area (Å²) in [7, 11) is 3.25. The van der Waals surface area contributed by atoms with E-state index in [0.717, 1.165) is 17.1 Å². The van der Waals surface area contributed by atoms with Gasteiger partial charge >= 0.3 is 0 Å². The van der Waals surface area contributed by atoms with Crippen molar-refractivity contribution in [1.82, 2.24) is 0 Å². The van der Waals surface area contributed by atoms with E-state index in [2.05, 4.69) is 0 Å². The average molecular weight is 238 g/mol. The largest absolute Gasteiger partial charge is 0.497 e. The van der Waals surface area contributed by atoms with Crippen LogP contribution in [0.4, 0.5) is 0 Å². The summed E-state index contributed by atoms with van der Waals surface area (Å²) in [5.41, 5.74) is 12.8. The summed E-state index contributed by atoms with van der Waals surface area (Å²) in [6, 6.07) is 5.47. The standard InChI is InChI=1S/C13H22N2O2/c1-13(2,8-14)12(15)10-6-5-9(16-3)7-11(10)17-4/h5-7,12H,8,14-15H2,1-4H3. The summed E-state index contributed by atoms with van der Waals surface area (Å²) in [6.45, 7) is 4.60. The lowest BCUT2D eigenvalue weighted by Crippen LogP contribution is -2.36. The molecule has 4 N–H and O–H groups in total. The van der Waals surface area contributed by atoms with Crippen molar-refractivity contribution in [3.05, 3.63) is 23.8 Å². The van der Waals surface area contributed by atoms with E-state index in [1.807, 2.05) is 32.0 Å². The first kappa shape index (κ1) is 13.8. The van der Waals surface area contributed by atoms with Gasteiger partial charge in [-0.3, -0.25) is 0 Å². The zero-order chi connectivity index (χ0) is 13.1. The van der Waals surface area contributed by atoms with E-state index in [9.17, 15) is 0 Å². The van der Waals surface area contributed by atoms with Crippen LogP contribution in [0.5, 0.6) is 11.5 Å². The van der Waals surface area contributed by atoms with E-state index in [0.29, 0.717) is 6.54 Å². The van der Waals surface area contributed by atoms with Crippen molar-refractivity contribution in [2.45, 2.75) is 19.9 Å². The second-order valence-corrected chi connectivity index (χ2v) is 4.78. The monoisotopic (exact) mass is 238 g/mol. The molecule has 0 heterocycles. The van der Waals surface area contributed by atoms with Crippen molar-refractivity contribution in [2.75, 3.05) is 20.8 Å². The molecular weight excluding hydrogens is 216 g/mol. The number of methoxy groups -OCH3 is 2. The molecule has 1 atom stereocenters. The smallest absolute Gasteiger partial charge is 0.127 e. The van der Waals surface area contributed by atoms with Crippen LogP contribution in [-0.2, 0) is 0 Å². The molecule has 0 radical (unpaired) electrons. The third-order valence-electron chi connectivity index (χ3n) is 3.14. The van der Waals surface area contributed by atoms with Crippen LogP contribution in [0, 0.1) is 5.41 Å². The van der Waals surface area contributed by atoms with Gasteiger partial charge in [0.05, 0.1) is 14.2 Å². The second kappa shape index (κ2) is 5.38. The zero-order valence-electron chi connectivity index (χ0n) is 11.0. The molecule has 0 fully saturated rings. The van der Waals surface area contributed by atoms with Gasteiger partial charge < -0.3 is 20.9 Å². The van der Waals surface area contributed by atoms with Crippen LogP contribution in [0.2, 0.25) is 0 Å². The Balaban J connectivity index is 3.13. The highest BCUT2D eigenvalue weighted by molar-refractivity contribution is 5.43. The van der Waals surface area contributed by atoms with Gasteiger partial charge in [-0.1, -0.05) is 19.9 Å². The predicted octanol–water partition coefficient (Wildman–Crippen LogP) is 1.69. The highest BCUT2D eigenvalue weighted by atomic mass is 16.5. The molecule has 1 unspecified atom stereocenters. The van der Waals surface area contributed by atoms with Gasteiger partial charge in [0.15, 0.2) is 0 Å². The molecule has 1 rings (SSSR count). The maximum Gasteiger partial charge on any atom is 0.127 e. The van der Waals surface area contributed by atoms with Crippen LogP contribution in [-0.4, -0.2) is 20.8 Å². The fourth-order valence-corrected chi connectivity index (χ4v) is 1.62. The third kappa shape index (κ3) is 2.90. The van der Waals surface area contributed by atoms with Crippen LogP contribution in [0.3, 0.4) is 0 Å². The average Bonchev–Trinajstić information content (AvgIpc) is 2.36. The molecule has 0 spiro atoms. The summed E-state index contributed by atoms with van der Waals surface area (Å²) >= 11 is 0. The molecule has 0 aliphatic rings. The number of benzene rings is 1. The first-order chi connectivity index (χ1) is 7.96. The van der Waals surface area contributed by atoms with E-state index in [-0.39, 0.29) is 11.5 Å². The van der Waals surface area contributed by atoms with E-state index in [4.69, 9.17) is 20.9 Å². The molecule has 4 heteroatoms. The van der Waals surface area contributed by atoms with Crippen molar-refractivity contribution < 1.29 is 9.47 Å². The zero-order valence-corrected chi connectivity index (χ0v) is 11.0. The van der Waals surface area contributed by atoms with Gasteiger partial charge in [-0.15, -0.1) is 0 Å². The molecule has 0 saturated carbocycles. The summed E-state index contributed by atoms with van der Waals surface area (Å²) in [6.07, 6.45) is 0. The van der Waals surface area contributed by atoms with Crippen LogP contribution in [0.15, 0.2) is 18.2 Å². The van der Waals surface area contributed by atoms with Gasteiger partial charge in [-0.05, 0) is 18.0 Å². The Morgan fingerprint density at radius 3 is 2.35 bits per heavy atom. The Kier molecular flexibility index (Phi) is 4.37. The van der Waals surface area contributed by atoms with Gasteiger partial charge in [-0.2, -0.15) is 0 Å². The molecule has 4 nitrogen and oxygen atoms in total. The van der Waals surface area contributed by atoms with Gasteiger partial charge in [0.2, 0.25) is 0 Å². The Hall–Kier alpha value is -1.26. The van der Waals surface area contributed by atoms with Crippen LogP contribution in [0.25, 0.3) is 0 Å². The predicted molar refractivity (Wildman–Crippen MR) is 69.3 cm³/mol. The second-order valence-electron chi connectivity index (χ2n) is 4.78. The summed E-state index contributed by atoms with van der Waals surface area (Å²) in [5.74, 6) is 1.49. The number of ether oxygens (including phenoxy) is 2. The maximum atomic E-state index is 6.25. The molecular formula is C13H22N2O2. The molecule has 1 aromatic carbocycles. The molecule has 96 valence electrons. The van der Waals surface area contributed by atoms with Crippen molar-refractivity contribution in [3.8, 4) is 11.5 Å². The van der Waals surface area contributed by atoms with E-state index < -0.39 is 0 Å². The van der Waals surface area contributed by atoms with Crippen LogP contribution in [0.1, 0.15) is 25.5 Å². The van der Waals surface area contributed by atoms with Gasteiger partial charge in [-0.25, -0.2) is 0 Å². The van der Waals surface area contributed by atoms with Gasteiger partial charge in [0, 0.05) is 17.7 Å². The molecule has 0 bridgehead atoms. The number of hydrogen-bond donors (Lipinski definition) is 2. The SMILES string of the molecule is COc1ccc(C(N)C(C)(C)CN)c(OC)c1. The molecule has 0 aliphatic heterocycles. The lowest BCUT2D eigenvalue weighted by Gasteiger charge is -2.31. The molecule has 17 heavy (non-hydrogen) atoms. The molecule has 1 aromatic rings. The van der Waals surface area contributed by atoms with E-state index in [1.165, 1.54) is 0 Å². The fourth-order valence-electron chi connectivity index (χ4n) is 1.62. The minimum absolute atomic E-state index is 0.173. The summed E-state index contributed by atoms with van der Waals surface area (Å²) < 4.78 is 10.5. The Morgan fingerprint density at radius 1 is 1.24 bits per heavy atom. The first-order valence-electron chi connectivity index (χ1n) is 5.64. The van der Waals surface area contributed by atoms with Gasteiger partial charge in [0.25, 0.3) is 0 Å². The lowest BCUT2D eigenvalue weighted by molar-refractivity contribution is 0.291. The maximum absolute atomic E-state index is 6.25. The highest BCUT2D eigenvalue weighted by Crippen LogP contribution is 2.36. The normalized spacial score (nSPS) is 13.3. The fraction of sp³-hybridized carbons (Fsp3) is 0.538. The first-order valence-corrected chi connectivity index (χ1v) is 5.64. The Morgan fingerprint density at radius 2 is 1.88 bits per heavy atom. The highest BCUT2D eigenvalue weighted by Gasteiger charge is 2.28. The molecule has 0 saturated heterocycles. The topological polar surface area (TPSA) is 70.5 Å². The number of hydrogen-bond acceptors (Lipinski definition) is 4. The molecule has 0 aliphatic carbocycles. The number of rotatable bonds is 5. The van der Waals surface area contributed by atoms with Crippen molar-refractivity contribution in [3.63, 3.8) is 0 Å². The summed E-state index contributed by atoms with van der Waals surface area (Å²) in [5, 5.41) is 0. The van der Waals surface area contributed by atoms with Crippen molar-refractivity contribution in [1.29, 1.82) is 0 Å². The van der Waals surface area contributed by atoms with Gasteiger partial charge in [0.1, 0.15) is 11.5 Å². The Bertz CT molecular complexity index is 378. The summed E-state index contributed by atoms with van der Waals surface area (Å²) in [4.78, 5) is 0.